The molecule has 3 aliphatic rings. The van der Waals surface area contributed by atoms with Crippen molar-refractivity contribution in [3.05, 3.63) is 107 Å². The first-order chi connectivity index (χ1) is 21.5. The number of hydrogen-bond donors (Lipinski definition) is 3. The molecule has 226 valence electrons. The lowest BCUT2D eigenvalue weighted by Crippen LogP contribution is -2.35. The smallest absolute Gasteiger partial charge is 0.255 e. The number of anilines is 3. The van der Waals surface area contributed by atoms with Crippen LogP contribution in [0.25, 0.3) is 5.70 Å². The molecule has 0 atom stereocenters. The molecule has 0 saturated carbocycles. The predicted molar refractivity (Wildman–Crippen MR) is 179 cm³/mol. The summed E-state index contributed by atoms with van der Waals surface area (Å²) in [7, 11) is 0. The number of rotatable bonds is 6. The Morgan fingerprint density at radius 1 is 0.818 bits per heavy atom. The average molecular weight is 589 g/mol. The second-order valence-electron chi connectivity index (χ2n) is 11.7. The van der Waals surface area contributed by atoms with Gasteiger partial charge in [0, 0.05) is 66.1 Å². The third kappa shape index (κ3) is 6.54. The maximum atomic E-state index is 13.2. The zero-order valence-electron chi connectivity index (χ0n) is 25.4. The normalized spacial score (nSPS) is 16.9. The van der Waals surface area contributed by atoms with E-state index in [1.807, 2.05) is 84.8 Å². The Bertz CT molecular complexity index is 1590. The summed E-state index contributed by atoms with van der Waals surface area (Å²) in [6.45, 7) is 9.88. The summed E-state index contributed by atoms with van der Waals surface area (Å²) in [5.74, 6) is 0.521. The third-order valence-corrected chi connectivity index (χ3v) is 8.65. The van der Waals surface area contributed by atoms with Crippen LogP contribution in [0.1, 0.15) is 70.4 Å². The number of hydrogen-bond acceptors (Lipinski definition) is 6. The van der Waals surface area contributed by atoms with Gasteiger partial charge in [-0.15, -0.1) is 0 Å². The van der Waals surface area contributed by atoms with E-state index in [0.717, 1.165) is 67.2 Å². The lowest BCUT2D eigenvalue weighted by atomic mass is 10.0. The third-order valence-electron chi connectivity index (χ3n) is 8.65. The first-order valence-electron chi connectivity index (χ1n) is 15.6. The molecule has 3 aromatic rings. The van der Waals surface area contributed by atoms with Crippen LogP contribution in [-0.2, 0) is 0 Å². The van der Waals surface area contributed by atoms with Crippen molar-refractivity contribution in [2.75, 3.05) is 41.7 Å². The Kier molecular flexibility index (Phi) is 8.77. The summed E-state index contributed by atoms with van der Waals surface area (Å²) in [4.78, 5) is 35.2. The number of amidine groups is 1. The molecule has 2 fully saturated rings. The second-order valence-corrected chi connectivity index (χ2v) is 11.7. The highest BCUT2D eigenvalue weighted by molar-refractivity contribution is 6.11. The fourth-order valence-electron chi connectivity index (χ4n) is 6.02. The van der Waals surface area contributed by atoms with E-state index in [4.69, 9.17) is 4.99 Å². The Morgan fingerprint density at radius 3 is 2.18 bits per heavy atom. The number of carbonyl (C=O) groups is 2. The monoisotopic (exact) mass is 588 g/mol. The summed E-state index contributed by atoms with van der Waals surface area (Å²) < 4.78 is 0. The summed E-state index contributed by atoms with van der Waals surface area (Å²) in [5.41, 5.74) is 7.19. The molecule has 3 aromatic carbocycles. The molecule has 3 heterocycles. The van der Waals surface area contributed by atoms with Crippen molar-refractivity contribution in [3.8, 4) is 0 Å². The fourth-order valence-corrected chi connectivity index (χ4v) is 6.02. The predicted octanol–water partition coefficient (Wildman–Crippen LogP) is 6.79. The van der Waals surface area contributed by atoms with E-state index >= 15 is 0 Å². The Labute approximate surface area is 259 Å². The van der Waals surface area contributed by atoms with Gasteiger partial charge >= 0.3 is 0 Å². The van der Waals surface area contributed by atoms with Gasteiger partial charge in [0.05, 0.1) is 11.4 Å². The Balaban J connectivity index is 1.13. The van der Waals surface area contributed by atoms with Gasteiger partial charge in [-0.25, -0.2) is 4.99 Å². The zero-order valence-corrected chi connectivity index (χ0v) is 25.4. The molecule has 3 N–H and O–H groups in total. The van der Waals surface area contributed by atoms with Gasteiger partial charge in [-0.05, 0) is 106 Å². The minimum atomic E-state index is -0.146. The van der Waals surface area contributed by atoms with Gasteiger partial charge in [-0.1, -0.05) is 18.7 Å². The molecule has 2 amide bonds. The van der Waals surface area contributed by atoms with Gasteiger partial charge in [-0.2, -0.15) is 0 Å². The molecule has 0 aliphatic carbocycles. The molecule has 0 unspecified atom stereocenters. The van der Waals surface area contributed by atoms with Crippen LogP contribution in [0.5, 0.6) is 0 Å². The number of benzene rings is 3. The van der Waals surface area contributed by atoms with Crippen LogP contribution in [0.15, 0.2) is 90.2 Å². The average Bonchev–Trinajstić information content (AvgIpc) is 3.07. The minimum Gasteiger partial charge on any atom is -0.372 e. The lowest BCUT2D eigenvalue weighted by molar-refractivity contribution is 0.0724. The zero-order chi connectivity index (χ0) is 30.5. The largest absolute Gasteiger partial charge is 0.372 e. The number of carbonyl (C=O) groups excluding carboxylic acids is 2. The molecule has 6 rings (SSSR count). The van der Waals surface area contributed by atoms with Crippen molar-refractivity contribution in [3.63, 3.8) is 0 Å². The molecule has 0 spiro atoms. The van der Waals surface area contributed by atoms with Crippen molar-refractivity contribution in [2.45, 2.75) is 45.4 Å². The first-order valence-corrected chi connectivity index (χ1v) is 15.6. The number of likely N-dealkylation sites (tertiary alicyclic amines) is 1. The molecular formula is C36H40N6O2. The van der Waals surface area contributed by atoms with Gasteiger partial charge < -0.3 is 25.8 Å². The van der Waals surface area contributed by atoms with Crippen LogP contribution in [0.2, 0.25) is 0 Å². The van der Waals surface area contributed by atoms with E-state index in [0.29, 0.717) is 22.7 Å². The molecule has 0 radical (unpaired) electrons. The maximum Gasteiger partial charge on any atom is 0.255 e. The summed E-state index contributed by atoms with van der Waals surface area (Å²) in [5, 5.41) is 9.65. The van der Waals surface area contributed by atoms with Crippen LogP contribution in [-0.4, -0.2) is 48.7 Å². The van der Waals surface area contributed by atoms with Crippen LogP contribution in [0, 0.1) is 6.92 Å². The highest BCUT2D eigenvalue weighted by Gasteiger charge is 2.20. The highest BCUT2D eigenvalue weighted by atomic mass is 16.2. The standard InChI is InChI=1S/C36H40N6O2/c1-25-31(10-9-11-32(25)40-35(43)27-14-18-30(19-15-27)41-20-5-3-6-21-41)33-24-37-26(2)34(39-33)38-29-16-12-28(13-17-29)36(44)42-22-7-4-8-23-42/h9-19,24,37H,2-8,20-23H2,1H3,(H,38,39)(H,40,43). The Morgan fingerprint density at radius 2 is 1.48 bits per heavy atom. The van der Waals surface area contributed by atoms with E-state index in [1.54, 1.807) is 0 Å². The van der Waals surface area contributed by atoms with Crippen LogP contribution < -0.4 is 20.9 Å². The van der Waals surface area contributed by atoms with Crippen molar-refractivity contribution >= 4 is 40.4 Å². The number of piperidine rings is 2. The van der Waals surface area contributed by atoms with Gasteiger partial charge in [-0.3, -0.25) is 9.59 Å². The lowest BCUT2D eigenvalue weighted by Gasteiger charge is -2.28. The molecule has 44 heavy (non-hydrogen) atoms. The van der Waals surface area contributed by atoms with E-state index in [-0.39, 0.29) is 11.8 Å². The van der Waals surface area contributed by atoms with Gasteiger partial charge in [0.25, 0.3) is 11.8 Å². The molecule has 2 saturated heterocycles. The minimum absolute atomic E-state index is 0.0828. The first kappa shape index (κ1) is 29.2. The molecule has 0 bridgehead atoms. The fraction of sp³-hybridized carbons (Fsp3) is 0.306. The van der Waals surface area contributed by atoms with Crippen LogP contribution in [0.4, 0.5) is 17.1 Å². The van der Waals surface area contributed by atoms with Crippen LogP contribution in [0.3, 0.4) is 0 Å². The topological polar surface area (TPSA) is 89.1 Å². The number of amides is 2. The van der Waals surface area contributed by atoms with Gasteiger partial charge in [0.15, 0.2) is 5.84 Å². The van der Waals surface area contributed by atoms with E-state index in [9.17, 15) is 9.59 Å². The van der Waals surface area contributed by atoms with Crippen LogP contribution >= 0.6 is 0 Å². The molecule has 0 aromatic heterocycles. The molecule has 8 nitrogen and oxygen atoms in total. The van der Waals surface area contributed by atoms with E-state index in [1.165, 1.54) is 31.4 Å². The number of nitrogens with one attached hydrogen (secondary N) is 3. The molecule has 8 heteroatoms. The second kappa shape index (κ2) is 13.2. The van der Waals surface area contributed by atoms with Crippen molar-refractivity contribution in [2.24, 2.45) is 4.99 Å². The van der Waals surface area contributed by atoms with Crippen molar-refractivity contribution in [1.29, 1.82) is 0 Å². The van der Waals surface area contributed by atoms with E-state index < -0.39 is 0 Å². The molecule has 3 aliphatic heterocycles. The summed E-state index contributed by atoms with van der Waals surface area (Å²) in [6.07, 6.45) is 8.86. The maximum absolute atomic E-state index is 13.2. The van der Waals surface area contributed by atoms with Crippen molar-refractivity contribution in [1.82, 2.24) is 10.2 Å². The highest BCUT2D eigenvalue weighted by Crippen LogP contribution is 2.29. The summed E-state index contributed by atoms with van der Waals surface area (Å²) >= 11 is 0. The SMILES string of the molecule is C=C1NC=C(c2cccc(NC(=O)c3ccc(N4CCCCC4)cc3)c2C)N=C1Nc1ccc(C(=O)N2CCCCC2)cc1. The van der Waals surface area contributed by atoms with Gasteiger partial charge in [0.1, 0.15) is 0 Å². The quantitative estimate of drug-likeness (QED) is 0.295. The number of nitrogens with zero attached hydrogens (tertiary/aromatic N) is 3. The summed E-state index contributed by atoms with van der Waals surface area (Å²) in [6, 6.07) is 21.2. The van der Waals surface area contributed by atoms with Gasteiger partial charge in [0.2, 0.25) is 0 Å². The van der Waals surface area contributed by atoms with E-state index in [2.05, 4.69) is 27.4 Å². The number of aliphatic imine (C=N–C) groups is 1. The Hall–Kier alpha value is -4.85. The molecular weight excluding hydrogens is 548 g/mol. The van der Waals surface area contributed by atoms with Crippen molar-refractivity contribution < 1.29 is 9.59 Å².